The second kappa shape index (κ2) is 4.66. The third kappa shape index (κ3) is 1.87. The zero-order valence-corrected chi connectivity index (χ0v) is 11.3. The summed E-state index contributed by atoms with van der Waals surface area (Å²) in [4.78, 5) is 36.5. The highest BCUT2D eigenvalue weighted by Crippen LogP contribution is 2.33. The molecule has 2 aromatic rings. The molecule has 3 rings (SSSR count). The van der Waals surface area contributed by atoms with Crippen LogP contribution in [0.25, 0.3) is 10.8 Å². The van der Waals surface area contributed by atoms with Gasteiger partial charge in [0.2, 0.25) is 0 Å². The fourth-order valence-corrected chi connectivity index (χ4v) is 2.67. The third-order valence-corrected chi connectivity index (χ3v) is 3.57. The van der Waals surface area contributed by atoms with E-state index in [0.717, 1.165) is 4.90 Å². The molecule has 106 valence electrons. The molecule has 21 heavy (non-hydrogen) atoms. The molecule has 0 fully saturated rings. The molecule has 0 N–H and O–H groups in total. The molecule has 0 aliphatic carbocycles. The van der Waals surface area contributed by atoms with Gasteiger partial charge in [0.15, 0.2) is 0 Å². The van der Waals surface area contributed by atoms with Gasteiger partial charge >= 0.3 is 0 Å². The Morgan fingerprint density at radius 2 is 1.86 bits per heavy atom. The summed E-state index contributed by atoms with van der Waals surface area (Å²) in [6.07, 6.45) is 0.637. The number of non-ortho nitro benzene ring substituents is 1. The highest BCUT2D eigenvalue weighted by atomic mass is 16.6. The molecule has 1 aliphatic rings. The van der Waals surface area contributed by atoms with Gasteiger partial charge in [0.1, 0.15) is 0 Å². The van der Waals surface area contributed by atoms with Crippen molar-refractivity contribution in [1.29, 1.82) is 0 Å². The minimum Gasteiger partial charge on any atom is -0.274 e. The van der Waals surface area contributed by atoms with E-state index in [2.05, 4.69) is 0 Å². The van der Waals surface area contributed by atoms with Gasteiger partial charge in [-0.05, 0) is 17.9 Å². The van der Waals surface area contributed by atoms with Gasteiger partial charge in [-0.1, -0.05) is 19.1 Å². The Morgan fingerprint density at radius 3 is 2.52 bits per heavy atom. The summed E-state index contributed by atoms with van der Waals surface area (Å²) in [6, 6.07) is 7.63. The number of hydrogen-bond donors (Lipinski definition) is 0. The molecule has 6 nitrogen and oxygen atoms in total. The van der Waals surface area contributed by atoms with E-state index in [1.165, 1.54) is 12.1 Å². The number of hydrogen-bond acceptors (Lipinski definition) is 4. The molecule has 2 amide bonds. The number of nitro groups is 1. The maximum absolute atomic E-state index is 12.5. The molecule has 0 atom stereocenters. The molecule has 1 heterocycles. The average Bonchev–Trinajstić information content (AvgIpc) is 2.48. The van der Waals surface area contributed by atoms with E-state index in [1.807, 2.05) is 6.92 Å². The van der Waals surface area contributed by atoms with Gasteiger partial charge < -0.3 is 0 Å². The highest BCUT2D eigenvalue weighted by molar-refractivity contribution is 6.25. The summed E-state index contributed by atoms with van der Waals surface area (Å²) in [5.74, 6) is -0.803. The van der Waals surface area contributed by atoms with Crippen molar-refractivity contribution in [2.75, 3.05) is 6.54 Å². The van der Waals surface area contributed by atoms with Gasteiger partial charge in [-0.25, -0.2) is 0 Å². The molecule has 0 radical (unpaired) electrons. The van der Waals surface area contributed by atoms with Gasteiger partial charge in [0.05, 0.1) is 10.5 Å². The maximum Gasteiger partial charge on any atom is 0.270 e. The van der Waals surface area contributed by atoms with Gasteiger partial charge in [0.25, 0.3) is 17.5 Å². The summed E-state index contributed by atoms with van der Waals surface area (Å²) >= 11 is 0. The Balaban J connectivity index is 2.35. The van der Waals surface area contributed by atoms with E-state index in [1.54, 1.807) is 18.2 Å². The van der Waals surface area contributed by atoms with Crippen molar-refractivity contribution in [1.82, 2.24) is 4.90 Å². The van der Waals surface area contributed by atoms with Crippen LogP contribution in [-0.2, 0) is 0 Å². The van der Waals surface area contributed by atoms with E-state index in [4.69, 9.17) is 0 Å². The molecule has 1 aliphatic heterocycles. The van der Waals surface area contributed by atoms with Crippen LogP contribution < -0.4 is 0 Å². The Hall–Kier alpha value is -2.76. The molecule has 2 aromatic carbocycles. The Bertz CT molecular complexity index is 798. The molecule has 0 saturated heterocycles. The Kier molecular flexibility index (Phi) is 2.94. The van der Waals surface area contributed by atoms with Crippen molar-refractivity contribution < 1.29 is 14.5 Å². The molecular weight excluding hydrogens is 272 g/mol. The van der Waals surface area contributed by atoms with Crippen LogP contribution in [0.4, 0.5) is 5.69 Å². The number of amides is 2. The molecular formula is C15H12N2O4. The molecule has 0 spiro atoms. The van der Waals surface area contributed by atoms with Gasteiger partial charge in [-0.15, -0.1) is 0 Å². The predicted octanol–water partition coefficient (Wildman–Crippen LogP) is 2.75. The first-order valence-electron chi connectivity index (χ1n) is 6.62. The number of rotatable bonds is 3. The van der Waals surface area contributed by atoms with Crippen LogP contribution in [0.3, 0.4) is 0 Å². The van der Waals surface area contributed by atoms with Gasteiger partial charge in [0, 0.05) is 29.6 Å². The SMILES string of the molecule is CCCN1C(=O)c2cccc3cc([N+](=O)[O-])cc(c23)C1=O. The minimum atomic E-state index is -0.531. The number of benzene rings is 2. The summed E-state index contributed by atoms with van der Waals surface area (Å²) in [6.45, 7) is 2.17. The average molecular weight is 284 g/mol. The molecule has 0 bridgehead atoms. The van der Waals surface area contributed by atoms with Crippen molar-refractivity contribution in [2.45, 2.75) is 13.3 Å². The first-order valence-corrected chi connectivity index (χ1v) is 6.62. The molecule has 0 saturated carbocycles. The lowest BCUT2D eigenvalue weighted by molar-refractivity contribution is -0.384. The van der Waals surface area contributed by atoms with Crippen molar-refractivity contribution >= 4 is 28.3 Å². The fraction of sp³-hybridized carbons (Fsp3) is 0.200. The Labute approximate surface area is 120 Å². The van der Waals surface area contributed by atoms with Crippen LogP contribution >= 0.6 is 0 Å². The van der Waals surface area contributed by atoms with E-state index < -0.39 is 10.8 Å². The van der Waals surface area contributed by atoms with Gasteiger partial charge in [-0.3, -0.25) is 24.6 Å². The van der Waals surface area contributed by atoms with Crippen LogP contribution in [0.1, 0.15) is 34.1 Å². The van der Waals surface area contributed by atoms with Crippen molar-refractivity contribution in [3.8, 4) is 0 Å². The third-order valence-electron chi connectivity index (χ3n) is 3.57. The predicted molar refractivity (Wildman–Crippen MR) is 76.3 cm³/mol. The van der Waals surface area contributed by atoms with E-state index in [9.17, 15) is 19.7 Å². The minimum absolute atomic E-state index is 0.145. The number of imide groups is 1. The number of nitro benzene ring substituents is 1. The summed E-state index contributed by atoms with van der Waals surface area (Å²) in [5.41, 5.74) is 0.502. The smallest absolute Gasteiger partial charge is 0.270 e. The topological polar surface area (TPSA) is 80.5 Å². The van der Waals surface area contributed by atoms with Crippen LogP contribution in [0.5, 0.6) is 0 Å². The largest absolute Gasteiger partial charge is 0.274 e. The normalized spacial score (nSPS) is 13.9. The first kappa shape index (κ1) is 13.2. The van der Waals surface area contributed by atoms with Crippen LogP contribution in [-0.4, -0.2) is 28.2 Å². The van der Waals surface area contributed by atoms with Crippen LogP contribution in [0, 0.1) is 10.1 Å². The summed E-state index contributed by atoms with van der Waals surface area (Å²) in [7, 11) is 0. The van der Waals surface area contributed by atoms with Gasteiger partial charge in [-0.2, -0.15) is 0 Å². The van der Waals surface area contributed by atoms with Crippen LogP contribution in [0.15, 0.2) is 30.3 Å². The van der Waals surface area contributed by atoms with E-state index in [0.29, 0.717) is 29.3 Å². The van der Waals surface area contributed by atoms with E-state index >= 15 is 0 Å². The van der Waals surface area contributed by atoms with E-state index in [-0.39, 0.29) is 17.2 Å². The molecule has 0 unspecified atom stereocenters. The zero-order chi connectivity index (χ0) is 15.1. The maximum atomic E-state index is 12.5. The first-order chi connectivity index (χ1) is 10.0. The van der Waals surface area contributed by atoms with Crippen molar-refractivity contribution in [3.05, 3.63) is 51.6 Å². The Morgan fingerprint density at radius 1 is 1.14 bits per heavy atom. The summed E-state index contributed by atoms with van der Waals surface area (Å²) in [5, 5.41) is 12.0. The lowest BCUT2D eigenvalue weighted by atomic mass is 9.93. The number of carbonyl (C=O) groups is 2. The number of nitrogens with zero attached hydrogens (tertiary/aromatic N) is 2. The standard InChI is InChI=1S/C15H12N2O4/c1-2-6-16-14(18)11-5-3-4-9-7-10(17(20)21)8-12(13(9)11)15(16)19/h3-5,7-8H,2,6H2,1H3. The quantitative estimate of drug-likeness (QED) is 0.493. The lowest BCUT2D eigenvalue weighted by Gasteiger charge is -2.26. The molecule has 6 heteroatoms. The number of carbonyl (C=O) groups excluding carboxylic acids is 2. The monoisotopic (exact) mass is 284 g/mol. The lowest BCUT2D eigenvalue weighted by Crippen LogP contribution is -2.40. The molecule has 0 aromatic heterocycles. The van der Waals surface area contributed by atoms with Crippen LogP contribution in [0.2, 0.25) is 0 Å². The second-order valence-corrected chi connectivity index (χ2v) is 4.92. The van der Waals surface area contributed by atoms with Crippen molar-refractivity contribution in [2.24, 2.45) is 0 Å². The van der Waals surface area contributed by atoms with Crippen molar-refractivity contribution in [3.63, 3.8) is 0 Å². The second-order valence-electron chi connectivity index (χ2n) is 4.92. The zero-order valence-electron chi connectivity index (χ0n) is 11.3. The highest BCUT2D eigenvalue weighted by Gasteiger charge is 2.33. The fourth-order valence-electron chi connectivity index (χ4n) is 2.67. The summed E-state index contributed by atoms with van der Waals surface area (Å²) < 4.78 is 0.